The number of aromatic nitrogens is 1. The van der Waals surface area contributed by atoms with Crippen molar-refractivity contribution in [1.82, 2.24) is 15.6 Å². The Balaban J connectivity index is 1.53. The van der Waals surface area contributed by atoms with Crippen molar-refractivity contribution >= 4 is 17.3 Å². The molecule has 1 aromatic heterocycles. The van der Waals surface area contributed by atoms with Crippen molar-refractivity contribution in [1.29, 1.82) is 0 Å². The lowest BCUT2D eigenvalue weighted by Gasteiger charge is -2.11. The molecule has 2 aromatic carbocycles. The predicted octanol–water partition coefficient (Wildman–Crippen LogP) is 3.98. The Labute approximate surface area is 152 Å². The molecule has 0 aliphatic heterocycles. The van der Waals surface area contributed by atoms with Gasteiger partial charge in [-0.25, -0.2) is 4.98 Å². The zero-order valence-corrected chi connectivity index (χ0v) is 15.3. The Kier molecular flexibility index (Phi) is 5.80. The molecule has 0 saturated heterocycles. The second kappa shape index (κ2) is 8.44. The lowest BCUT2D eigenvalue weighted by atomic mass is 10.1. The van der Waals surface area contributed by atoms with Crippen LogP contribution in [0.5, 0.6) is 0 Å². The van der Waals surface area contributed by atoms with Crippen molar-refractivity contribution in [2.24, 2.45) is 4.99 Å². The summed E-state index contributed by atoms with van der Waals surface area (Å²) < 4.78 is 0. The van der Waals surface area contributed by atoms with Gasteiger partial charge in [-0.05, 0) is 12.5 Å². The van der Waals surface area contributed by atoms with E-state index >= 15 is 0 Å². The van der Waals surface area contributed by atoms with Gasteiger partial charge in [0.1, 0.15) is 5.01 Å². The molecule has 3 aromatic rings. The lowest BCUT2D eigenvalue weighted by molar-refractivity contribution is 0.805. The molecule has 128 valence electrons. The molecule has 3 rings (SSSR count). The number of hydrogen-bond donors (Lipinski definition) is 2. The van der Waals surface area contributed by atoms with E-state index in [0.29, 0.717) is 6.54 Å². The molecule has 5 heteroatoms. The van der Waals surface area contributed by atoms with Gasteiger partial charge in [0, 0.05) is 24.5 Å². The quantitative estimate of drug-likeness (QED) is 0.540. The molecular formula is C20H22N4S. The summed E-state index contributed by atoms with van der Waals surface area (Å²) in [5, 5.41) is 9.78. The van der Waals surface area contributed by atoms with Gasteiger partial charge in [0.05, 0.1) is 12.2 Å². The summed E-state index contributed by atoms with van der Waals surface area (Å²) in [6, 6.07) is 18.7. The number of guanidine groups is 1. The molecule has 0 saturated carbocycles. The number of rotatable bonds is 5. The third-order valence-electron chi connectivity index (χ3n) is 3.83. The fourth-order valence-electron chi connectivity index (χ4n) is 2.41. The highest BCUT2D eigenvalue weighted by Gasteiger charge is 2.05. The molecule has 0 aliphatic carbocycles. The normalized spacial score (nSPS) is 11.4. The van der Waals surface area contributed by atoms with Crippen LogP contribution in [0.1, 0.15) is 16.1 Å². The van der Waals surface area contributed by atoms with Crippen molar-refractivity contribution in [3.8, 4) is 11.3 Å². The highest BCUT2D eigenvalue weighted by atomic mass is 32.1. The van der Waals surface area contributed by atoms with Crippen molar-refractivity contribution in [2.75, 3.05) is 7.05 Å². The van der Waals surface area contributed by atoms with Crippen LogP contribution >= 0.6 is 11.3 Å². The average molecular weight is 350 g/mol. The maximum Gasteiger partial charge on any atom is 0.191 e. The van der Waals surface area contributed by atoms with Gasteiger partial charge in [0.25, 0.3) is 0 Å². The van der Waals surface area contributed by atoms with Crippen LogP contribution in [0.15, 0.2) is 65.0 Å². The van der Waals surface area contributed by atoms with E-state index in [1.807, 2.05) is 18.2 Å². The van der Waals surface area contributed by atoms with E-state index in [1.54, 1.807) is 18.4 Å². The van der Waals surface area contributed by atoms with Crippen LogP contribution in [-0.4, -0.2) is 18.0 Å². The molecule has 0 amide bonds. The van der Waals surface area contributed by atoms with Gasteiger partial charge in [-0.1, -0.05) is 60.2 Å². The SMILES string of the molecule is CN=C(NCc1ccc(C)cc1)NCc1nc(-c2ccccc2)cs1. The number of thiazole rings is 1. The second-order valence-electron chi connectivity index (χ2n) is 5.76. The minimum atomic E-state index is 0.658. The maximum absolute atomic E-state index is 4.69. The number of hydrogen-bond acceptors (Lipinski definition) is 3. The highest BCUT2D eigenvalue weighted by molar-refractivity contribution is 7.09. The minimum Gasteiger partial charge on any atom is -0.352 e. The number of aliphatic imine (C=N–C) groups is 1. The summed E-state index contributed by atoms with van der Waals surface area (Å²) in [5.74, 6) is 0.775. The summed E-state index contributed by atoms with van der Waals surface area (Å²) in [4.78, 5) is 8.96. The maximum atomic E-state index is 4.69. The zero-order valence-electron chi connectivity index (χ0n) is 14.5. The Bertz CT molecular complexity index is 822. The monoisotopic (exact) mass is 350 g/mol. The molecule has 2 N–H and O–H groups in total. The van der Waals surface area contributed by atoms with Crippen LogP contribution < -0.4 is 10.6 Å². The third kappa shape index (κ3) is 4.90. The van der Waals surface area contributed by atoms with E-state index < -0.39 is 0 Å². The lowest BCUT2D eigenvalue weighted by Crippen LogP contribution is -2.36. The van der Waals surface area contributed by atoms with Crippen LogP contribution in [0.25, 0.3) is 11.3 Å². The number of nitrogens with one attached hydrogen (secondary N) is 2. The van der Waals surface area contributed by atoms with Gasteiger partial charge < -0.3 is 10.6 Å². The number of nitrogens with zero attached hydrogens (tertiary/aromatic N) is 2. The number of aryl methyl sites for hydroxylation is 1. The van der Waals surface area contributed by atoms with Crippen molar-refractivity contribution in [3.05, 3.63) is 76.1 Å². The van der Waals surface area contributed by atoms with Crippen molar-refractivity contribution in [3.63, 3.8) is 0 Å². The topological polar surface area (TPSA) is 49.3 Å². The molecule has 0 atom stereocenters. The fourth-order valence-corrected chi connectivity index (χ4v) is 3.15. The molecule has 25 heavy (non-hydrogen) atoms. The molecule has 0 unspecified atom stereocenters. The van der Waals surface area contributed by atoms with E-state index in [9.17, 15) is 0 Å². The first-order chi connectivity index (χ1) is 12.2. The third-order valence-corrected chi connectivity index (χ3v) is 4.68. The highest BCUT2D eigenvalue weighted by Crippen LogP contribution is 2.21. The van der Waals surface area contributed by atoms with E-state index in [4.69, 9.17) is 0 Å². The van der Waals surface area contributed by atoms with Gasteiger partial charge in [-0.15, -0.1) is 11.3 Å². The standard InChI is InChI=1S/C20H22N4S/c1-15-8-10-16(11-9-15)12-22-20(21-2)23-13-19-24-18(14-25-19)17-6-4-3-5-7-17/h3-11,14H,12-13H2,1-2H3,(H2,21,22,23). The molecule has 0 radical (unpaired) electrons. The van der Waals surface area contributed by atoms with Crippen LogP contribution in [0.2, 0.25) is 0 Å². The predicted molar refractivity (Wildman–Crippen MR) is 106 cm³/mol. The molecule has 0 spiro atoms. The van der Waals surface area contributed by atoms with E-state index in [2.05, 4.69) is 69.3 Å². The van der Waals surface area contributed by atoms with E-state index in [-0.39, 0.29) is 0 Å². The Hall–Kier alpha value is -2.66. The molecule has 4 nitrogen and oxygen atoms in total. The smallest absolute Gasteiger partial charge is 0.191 e. The molecule has 0 fully saturated rings. The second-order valence-corrected chi connectivity index (χ2v) is 6.70. The Morgan fingerprint density at radius 3 is 2.44 bits per heavy atom. The zero-order chi connectivity index (χ0) is 17.5. The van der Waals surface area contributed by atoms with Crippen LogP contribution in [0.3, 0.4) is 0 Å². The summed E-state index contributed by atoms with van der Waals surface area (Å²) in [6.07, 6.45) is 0. The molecule has 0 aliphatic rings. The summed E-state index contributed by atoms with van der Waals surface area (Å²) in [7, 11) is 1.78. The van der Waals surface area contributed by atoms with Gasteiger partial charge in [0.15, 0.2) is 5.96 Å². The Morgan fingerprint density at radius 1 is 1.00 bits per heavy atom. The Morgan fingerprint density at radius 2 is 1.72 bits per heavy atom. The first-order valence-corrected chi connectivity index (χ1v) is 9.12. The van der Waals surface area contributed by atoms with E-state index in [0.717, 1.165) is 28.8 Å². The van der Waals surface area contributed by atoms with Crippen LogP contribution in [0, 0.1) is 6.92 Å². The average Bonchev–Trinajstić information content (AvgIpc) is 3.13. The van der Waals surface area contributed by atoms with Gasteiger partial charge in [0.2, 0.25) is 0 Å². The molecule has 1 heterocycles. The van der Waals surface area contributed by atoms with Gasteiger partial charge >= 0.3 is 0 Å². The largest absolute Gasteiger partial charge is 0.352 e. The number of benzene rings is 2. The minimum absolute atomic E-state index is 0.658. The van der Waals surface area contributed by atoms with E-state index in [1.165, 1.54) is 11.1 Å². The first-order valence-electron chi connectivity index (χ1n) is 8.24. The molecular weight excluding hydrogens is 328 g/mol. The van der Waals surface area contributed by atoms with Crippen molar-refractivity contribution < 1.29 is 0 Å². The van der Waals surface area contributed by atoms with Gasteiger partial charge in [-0.3, -0.25) is 4.99 Å². The van der Waals surface area contributed by atoms with Crippen LogP contribution in [-0.2, 0) is 13.1 Å². The first kappa shape index (κ1) is 17.2. The summed E-state index contributed by atoms with van der Waals surface area (Å²) in [5.41, 5.74) is 4.66. The van der Waals surface area contributed by atoms with Gasteiger partial charge in [-0.2, -0.15) is 0 Å². The molecule has 0 bridgehead atoms. The van der Waals surface area contributed by atoms with Crippen molar-refractivity contribution in [2.45, 2.75) is 20.0 Å². The fraction of sp³-hybridized carbons (Fsp3) is 0.200. The summed E-state index contributed by atoms with van der Waals surface area (Å²) >= 11 is 1.66. The summed E-state index contributed by atoms with van der Waals surface area (Å²) in [6.45, 7) is 3.49. The van der Waals surface area contributed by atoms with Crippen LogP contribution in [0.4, 0.5) is 0 Å².